The Labute approximate surface area is 95.3 Å². The normalized spacial score (nSPS) is 26.5. The van der Waals surface area contributed by atoms with Gasteiger partial charge in [-0.15, -0.1) is 0 Å². The number of benzene rings is 1. The van der Waals surface area contributed by atoms with Crippen LogP contribution in [-0.2, 0) is 5.41 Å². The van der Waals surface area contributed by atoms with Crippen molar-refractivity contribution in [1.29, 1.82) is 0 Å². The highest BCUT2D eigenvalue weighted by Crippen LogP contribution is 2.31. The van der Waals surface area contributed by atoms with E-state index in [1.54, 1.807) is 0 Å². The molecule has 0 aromatic heterocycles. The van der Waals surface area contributed by atoms with Crippen molar-refractivity contribution >= 4 is 11.6 Å². The molecule has 3 heteroatoms. The van der Waals surface area contributed by atoms with Gasteiger partial charge in [0.1, 0.15) is 0 Å². The third kappa shape index (κ3) is 2.17. The Kier molecular flexibility index (Phi) is 3.29. The number of piperidine rings is 1. The Morgan fingerprint density at radius 2 is 2.33 bits per heavy atom. The number of aliphatic hydroxyl groups excluding tert-OH is 1. The number of hydrogen-bond donors (Lipinski definition) is 2. The maximum Gasteiger partial charge on any atom is 0.0540 e. The van der Waals surface area contributed by atoms with Crippen LogP contribution in [0.3, 0.4) is 0 Å². The molecule has 1 aromatic rings. The molecule has 0 aliphatic carbocycles. The summed E-state index contributed by atoms with van der Waals surface area (Å²) in [6.45, 7) is 2.06. The van der Waals surface area contributed by atoms with Crippen molar-refractivity contribution in [3.63, 3.8) is 0 Å². The fraction of sp³-hybridized carbons (Fsp3) is 0.500. The van der Waals surface area contributed by atoms with Crippen molar-refractivity contribution < 1.29 is 5.11 Å². The second-order valence-electron chi connectivity index (χ2n) is 4.23. The summed E-state index contributed by atoms with van der Waals surface area (Å²) in [5.74, 6) is 0. The van der Waals surface area contributed by atoms with Gasteiger partial charge in [0.15, 0.2) is 0 Å². The Bertz CT molecular complexity index is 334. The first kappa shape index (κ1) is 10.9. The van der Waals surface area contributed by atoms with Crippen molar-refractivity contribution in [2.45, 2.75) is 18.3 Å². The highest BCUT2D eigenvalue weighted by atomic mass is 35.5. The first-order chi connectivity index (χ1) is 7.27. The first-order valence-electron chi connectivity index (χ1n) is 5.34. The molecule has 0 bridgehead atoms. The van der Waals surface area contributed by atoms with Gasteiger partial charge in [-0.3, -0.25) is 0 Å². The van der Waals surface area contributed by atoms with E-state index in [9.17, 15) is 5.11 Å². The zero-order chi connectivity index (χ0) is 10.7. The van der Waals surface area contributed by atoms with Crippen LogP contribution in [0, 0.1) is 0 Å². The molecule has 0 amide bonds. The Morgan fingerprint density at radius 3 is 2.93 bits per heavy atom. The quantitative estimate of drug-likeness (QED) is 0.807. The standard InChI is InChI=1S/C12H16ClNO/c13-11-4-1-3-10(7-11)12(9-15)5-2-6-14-8-12/h1,3-4,7,14-15H,2,5-6,8-9H2. The van der Waals surface area contributed by atoms with Gasteiger partial charge in [0.25, 0.3) is 0 Å². The molecule has 82 valence electrons. The van der Waals surface area contributed by atoms with Gasteiger partial charge < -0.3 is 10.4 Å². The van der Waals surface area contributed by atoms with Crippen molar-refractivity contribution in [1.82, 2.24) is 5.32 Å². The summed E-state index contributed by atoms with van der Waals surface area (Å²) in [6, 6.07) is 7.83. The summed E-state index contributed by atoms with van der Waals surface area (Å²) in [5.41, 5.74) is 1.01. The van der Waals surface area contributed by atoms with Crippen LogP contribution in [0.4, 0.5) is 0 Å². The maximum atomic E-state index is 9.60. The summed E-state index contributed by atoms with van der Waals surface area (Å²) in [7, 11) is 0. The second kappa shape index (κ2) is 4.52. The fourth-order valence-electron chi connectivity index (χ4n) is 2.26. The third-order valence-electron chi connectivity index (χ3n) is 3.21. The van der Waals surface area contributed by atoms with Crippen LogP contribution in [0.2, 0.25) is 5.02 Å². The van der Waals surface area contributed by atoms with Crippen molar-refractivity contribution in [2.75, 3.05) is 19.7 Å². The first-order valence-corrected chi connectivity index (χ1v) is 5.72. The summed E-state index contributed by atoms with van der Waals surface area (Å²) >= 11 is 5.98. The van der Waals surface area contributed by atoms with Gasteiger partial charge in [-0.2, -0.15) is 0 Å². The van der Waals surface area contributed by atoms with Crippen LogP contribution in [0.25, 0.3) is 0 Å². The molecule has 15 heavy (non-hydrogen) atoms. The van der Waals surface area contributed by atoms with Crippen LogP contribution >= 0.6 is 11.6 Å². The minimum Gasteiger partial charge on any atom is -0.395 e. The molecule has 2 nitrogen and oxygen atoms in total. The van der Waals surface area contributed by atoms with Gasteiger partial charge in [-0.25, -0.2) is 0 Å². The molecule has 1 aliphatic rings. The number of hydrogen-bond acceptors (Lipinski definition) is 2. The van der Waals surface area contributed by atoms with Crippen molar-refractivity contribution in [3.05, 3.63) is 34.9 Å². The van der Waals surface area contributed by atoms with Crippen LogP contribution in [-0.4, -0.2) is 24.8 Å². The molecular formula is C12H16ClNO. The molecule has 0 saturated carbocycles. The van der Waals surface area contributed by atoms with E-state index in [0.29, 0.717) is 0 Å². The van der Waals surface area contributed by atoms with Gasteiger partial charge >= 0.3 is 0 Å². The molecule has 0 radical (unpaired) electrons. The molecule has 1 heterocycles. The number of aliphatic hydroxyl groups is 1. The molecule has 1 fully saturated rings. The number of nitrogens with one attached hydrogen (secondary N) is 1. The van der Waals surface area contributed by atoms with E-state index < -0.39 is 0 Å². The van der Waals surface area contributed by atoms with E-state index in [4.69, 9.17) is 11.6 Å². The zero-order valence-electron chi connectivity index (χ0n) is 8.67. The predicted octanol–water partition coefficient (Wildman–Crippen LogP) is 1.95. The molecule has 1 atom stereocenters. The van der Waals surface area contributed by atoms with Crippen molar-refractivity contribution in [3.8, 4) is 0 Å². The highest BCUT2D eigenvalue weighted by molar-refractivity contribution is 6.30. The van der Waals surface area contributed by atoms with E-state index in [-0.39, 0.29) is 12.0 Å². The van der Waals surface area contributed by atoms with E-state index in [1.807, 2.05) is 18.2 Å². The lowest BCUT2D eigenvalue weighted by Gasteiger charge is -2.36. The second-order valence-corrected chi connectivity index (χ2v) is 4.67. The lowest BCUT2D eigenvalue weighted by Crippen LogP contribution is -2.45. The van der Waals surface area contributed by atoms with E-state index in [0.717, 1.165) is 36.5 Å². The molecule has 1 aromatic carbocycles. The maximum absolute atomic E-state index is 9.60. The smallest absolute Gasteiger partial charge is 0.0540 e. The van der Waals surface area contributed by atoms with E-state index in [2.05, 4.69) is 11.4 Å². The van der Waals surface area contributed by atoms with Crippen LogP contribution < -0.4 is 5.32 Å². The Balaban J connectivity index is 2.32. The molecule has 0 spiro atoms. The zero-order valence-corrected chi connectivity index (χ0v) is 9.43. The topological polar surface area (TPSA) is 32.3 Å². The summed E-state index contributed by atoms with van der Waals surface area (Å²) in [4.78, 5) is 0. The van der Waals surface area contributed by atoms with Gasteiger partial charge in [-0.05, 0) is 37.1 Å². The van der Waals surface area contributed by atoms with Crippen LogP contribution in [0.1, 0.15) is 18.4 Å². The molecule has 1 aliphatic heterocycles. The number of halogens is 1. The van der Waals surface area contributed by atoms with Crippen LogP contribution in [0.5, 0.6) is 0 Å². The van der Waals surface area contributed by atoms with Crippen molar-refractivity contribution in [2.24, 2.45) is 0 Å². The minimum atomic E-state index is -0.136. The number of rotatable bonds is 2. The van der Waals surface area contributed by atoms with Gasteiger partial charge in [-0.1, -0.05) is 23.7 Å². The Morgan fingerprint density at radius 1 is 1.47 bits per heavy atom. The molecular weight excluding hydrogens is 210 g/mol. The van der Waals surface area contributed by atoms with Gasteiger partial charge in [0, 0.05) is 17.0 Å². The summed E-state index contributed by atoms with van der Waals surface area (Å²) < 4.78 is 0. The lowest BCUT2D eigenvalue weighted by atomic mass is 9.75. The Hall–Kier alpha value is -0.570. The molecule has 2 rings (SSSR count). The molecule has 2 N–H and O–H groups in total. The average molecular weight is 226 g/mol. The third-order valence-corrected chi connectivity index (χ3v) is 3.45. The van der Waals surface area contributed by atoms with Gasteiger partial charge in [0.05, 0.1) is 6.61 Å². The average Bonchev–Trinajstić information content (AvgIpc) is 2.30. The van der Waals surface area contributed by atoms with Crippen LogP contribution in [0.15, 0.2) is 24.3 Å². The highest BCUT2D eigenvalue weighted by Gasteiger charge is 2.33. The summed E-state index contributed by atoms with van der Waals surface area (Å²) in [5, 5.41) is 13.7. The molecule has 1 saturated heterocycles. The van der Waals surface area contributed by atoms with E-state index >= 15 is 0 Å². The van der Waals surface area contributed by atoms with E-state index in [1.165, 1.54) is 0 Å². The largest absolute Gasteiger partial charge is 0.395 e. The molecule has 1 unspecified atom stereocenters. The SMILES string of the molecule is OCC1(c2cccc(Cl)c2)CCCNC1. The monoisotopic (exact) mass is 225 g/mol. The fourth-order valence-corrected chi connectivity index (χ4v) is 2.45. The van der Waals surface area contributed by atoms with Gasteiger partial charge in [0.2, 0.25) is 0 Å². The minimum absolute atomic E-state index is 0.136. The summed E-state index contributed by atoms with van der Waals surface area (Å²) in [6.07, 6.45) is 2.13. The predicted molar refractivity (Wildman–Crippen MR) is 62.3 cm³/mol. The lowest BCUT2D eigenvalue weighted by molar-refractivity contribution is 0.162.